The van der Waals surface area contributed by atoms with E-state index in [1.165, 1.54) is 5.56 Å². The highest BCUT2D eigenvalue weighted by Gasteiger charge is 2.22. The van der Waals surface area contributed by atoms with Crippen molar-refractivity contribution in [2.45, 2.75) is 13.0 Å². The Morgan fingerprint density at radius 2 is 2.29 bits per heavy atom. The van der Waals surface area contributed by atoms with Crippen LogP contribution in [-0.2, 0) is 0 Å². The van der Waals surface area contributed by atoms with Crippen molar-refractivity contribution in [3.05, 3.63) is 33.8 Å². The molecule has 1 atom stereocenters. The molecule has 2 rings (SSSR count). The smallest absolute Gasteiger partial charge is 0.315 e. The molecule has 1 saturated heterocycles. The summed E-state index contributed by atoms with van der Waals surface area (Å²) in [5.41, 5.74) is 2.33. The molecule has 0 radical (unpaired) electrons. The van der Waals surface area contributed by atoms with Crippen LogP contribution in [0.2, 0.25) is 0 Å². The van der Waals surface area contributed by atoms with Gasteiger partial charge in [0.25, 0.3) is 0 Å². The molecule has 1 heterocycles. The quantitative estimate of drug-likeness (QED) is 0.792. The molecule has 1 fully saturated rings. The number of aryl methyl sites for hydroxylation is 1. The molecule has 74 valence electrons. The van der Waals surface area contributed by atoms with Crippen molar-refractivity contribution in [2.75, 3.05) is 6.54 Å². The van der Waals surface area contributed by atoms with Gasteiger partial charge in [-0.2, -0.15) is 0 Å². The number of benzene rings is 1. The Morgan fingerprint density at radius 3 is 2.86 bits per heavy atom. The van der Waals surface area contributed by atoms with Crippen molar-refractivity contribution < 1.29 is 4.79 Å². The average molecular weight is 255 g/mol. The third-order valence-electron chi connectivity index (χ3n) is 2.30. The highest BCUT2D eigenvalue weighted by atomic mass is 79.9. The molecule has 0 spiro atoms. The maximum Gasteiger partial charge on any atom is 0.315 e. The van der Waals surface area contributed by atoms with Crippen molar-refractivity contribution in [1.29, 1.82) is 0 Å². The van der Waals surface area contributed by atoms with E-state index in [4.69, 9.17) is 0 Å². The molecule has 3 nitrogen and oxygen atoms in total. The highest BCUT2D eigenvalue weighted by Crippen LogP contribution is 2.25. The van der Waals surface area contributed by atoms with Gasteiger partial charge in [0.15, 0.2) is 0 Å². The maximum absolute atomic E-state index is 11.0. The highest BCUT2D eigenvalue weighted by molar-refractivity contribution is 9.10. The lowest BCUT2D eigenvalue weighted by Crippen LogP contribution is -2.21. The molecule has 0 saturated carbocycles. The van der Waals surface area contributed by atoms with Crippen molar-refractivity contribution in [3.8, 4) is 0 Å². The number of nitrogens with one attached hydrogen (secondary N) is 2. The minimum Gasteiger partial charge on any atom is -0.336 e. The first-order valence-corrected chi connectivity index (χ1v) is 5.26. The Hall–Kier alpha value is -1.03. The second-order valence-corrected chi connectivity index (χ2v) is 4.29. The van der Waals surface area contributed by atoms with Crippen LogP contribution in [0.3, 0.4) is 0 Å². The van der Waals surface area contributed by atoms with Crippen molar-refractivity contribution in [1.82, 2.24) is 10.6 Å². The van der Waals surface area contributed by atoms with E-state index in [0.29, 0.717) is 6.54 Å². The van der Waals surface area contributed by atoms with Crippen LogP contribution in [0.4, 0.5) is 4.79 Å². The van der Waals surface area contributed by atoms with Gasteiger partial charge in [-0.05, 0) is 24.1 Å². The molecule has 1 aliphatic heterocycles. The summed E-state index contributed by atoms with van der Waals surface area (Å²) in [4.78, 5) is 11.0. The minimum atomic E-state index is -0.0949. The van der Waals surface area contributed by atoms with Crippen LogP contribution in [0, 0.1) is 6.92 Å². The third kappa shape index (κ3) is 1.75. The van der Waals surface area contributed by atoms with E-state index in [1.807, 2.05) is 19.1 Å². The first kappa shape index (κ1) is 9.52. The average Bonchev–Trinajstić information content (AvgIpc) is 2.51. The van der Waals surface area contributed by atoms with E-state index < -0.39 is 0 Å². The first-order valence-electron chi connectivity index (χ1n) is 4.47. The number of amides is 2. The molecule has 0 unspecified atom stereocenters. The lowest BCUT2D eigenvalue weighted by Gasteiger charge is -2.11. The van der Waals surface area contributed by atoms with Gasteiger partial charge >= 0.3 is 6.03 Å². The Bertz CT molecular complexity index is 378. The van der Waals surface area contributed by atoms with E-state index in [9.17, 15) is 4.79 Å². The van der Waals surface area contributed by atoms with Crippen LogP contribution < -0.4 is 10.6 Å². The molecule has 0 aliphatic carbocycles. The van der Waals surface area contributed by atoms with Crippen molar-refractivity contribution >= 4 is 22.0 Å². The van der Waals surface area contributed by atoms with Gasteiger partial charge in [-0.1, -0.05) is 28.1 Å². The second kappa shape index (κ2) is 3.61. The zero-order chi connectivity index (χ0) is 10.1. The topological polar surface area (TPSA) is 41.1 Å². The molecule has 14 heavy (non-hydrogen) atoms. The normalized spacial score (nSPS) is 20.4. The molecule has 2 amide bonds. The number of carbonyl (C=O) groups excluding carboxylic acids is 1. The molecule has 1 aromatic rings. The summed E-state index contributed by atoms with van der Waals surface area (Å²) in [5.74, 6) is 0. The fraction of sp³-hybridized carbons (Fsp3) is 0.300. The van der Waals surface area contributed by atoms with Gasteiger partial charge in [-0.3, -0.25) is 0 Å². The summed E-state index contributed by atoms with van der Waals surface area (Å²) < 4.78 is 1.05. The van der Waals surface area contributed by atoms with Gasteiger partial charge in [0.05, 0.1) is 6.04 Å². The van der Waals surface area contributed by atoms with Gasteiger partial charge < -0.3 is 10.6 Å². The molecule has 0 bridgehead atoms. The van der Waals surface area contributed by atoms with Crippen molar-refractivity contribution in [2.24, 2.45) is 0 Å². The van der Waals surface area contributed by atoms with Gasteiger partial charge in [0, 0.05) is 11.0 Å². The van der Waals surface area contributed by atoms with Gasteiger partial charge in [-0.25, -0.2) is 4.79 Å². The van der Waals surface area contributed by atoms with Crippen LogP contribution >= 0.6 is 15.9 Å². The molecule has 4 heteroatoms. The summed E-state index contributed by atoms with van der Waals surface area (Å²) in [7, 11) is 0. The fourth-order valence-electron chi connectivity index (χ4n) is 1.56. The number of hydrogen-bond acceptors (Lipinski definition) is 1. The monoisotopic (exact) mass is 254 g/mol. The van der Waals surface area contributed by atoms with E-state index in [2.05, 4.69) is 32.6 Å². The third-order valence-corrected chi connectivity index (χ3v) is 2.99. The van der Waals surface area contributed by atoms with Crippen LogP contribution in [0.1, 0.15) is 17.2 Å². The first-order chi connectivity index (χ1) is 6.66. The Labute approximate surface area is 91.0 Å². The number of rotatable bonds is 1. The Morgan fingerprint density at radius 1 is 1.50 bits per heavy atom. The predicted octanol–water partition coefficient (Wildman–Crippen LogP) is 2.11. The van der Waals surface area contributed by atoms with E-state index in [0.717, 1.165) is 10.0 Å². The summed E-state index contributed by atoms with van der Waals surface area (Å²) in [5, 5.41) is 5.59. The standard InChI is InChI=1S/C10H11BrN2O/c1-6-2-3-7(8(11)4-6)9-5-12-10(14)13-9/h2-4,9H,5H2,1H3,(H2,12,13,14)/t9-/m0/s1. The summed E-state index contributed by atoms with van der Waals surface area (Å²) in [6, 6.07) is 6.13. The van der Waals surface area contributed by atoms with Crippen LogP contribution in [-0.4, -0.2) is 12.6 Å². The van der Waals surface area contributed by atoms with E-state index in [1.54, 1.807) is 0 Å². The van der Waals surface area contributed by atoms with Crippen LogP contribution in [0.25, 0.3) is 0 Å². The van der Waals surface area contributed by atoms with Gasteiger partial charge in [0.2, 0.25) is 0 Å². The lowest BCUT2D eigenvalue weighted by atomic mass is 10.1. The SMILES string of the molecule is Cc1ccc([C@@H]2CNC(=O)N2)c(Br)c1. The fourth-order valence-corrected chi connectivity index (χ4v) is 2.33. The van der Waals surface area contributed by atoms with Crippen LogP contribution in [0.5, 0.6) is 0 Å². The van der Waals surface area contributed by atoms with Crippen molar-refractivity contribution in [3.63, 3.8) is 0 Å². The Balaban J connectivity index is 2.28. The minimum absolute atomic E-state index is 0.0810. The zero-order valence-corrected chi connectivity index (χ0v) is 9.39. The summed E-state index contributed by atoms with van der Waals surface area (Å²) in [6.07, 6.45) is 0. The molecular formula is C10H11BrN2O. The van der Waals surface area contributed by atoms with E-state index >= 15 is 0 Å². The summed E-state index contributed by atoms with van der Waals surface area (Å²) >= 11 is 3.50. The molecule has 1 aliphatic rings. The maximum atomic E-state index is 11.0. The van der Waals surface area contributed by atoms with E-state index in [-0.39, 0.29) is 12.1 Å². The number of carbonyl (C=O) groups is 1. The zero-order valence-electron chi connectivity index (χ0n) is 7.80. The summed E-state index contributed by atoms with van der Waals surface area (Å²) in [6.45, 7) is 2.69. The number of hydrogen-bond donors (Lipinski definition) is 2. The van der Waals surface area contributed by atoms with Crippen LogP contribution in [0.15, 0.2) is 22.7 Å². The second-order valence-electron chi connectivity index (χ2n) is 3.43. The number of halogens is 1. The largest absolute Gasteiger partial charge is 0.336 e. The molecule has 2 N–H and O–H groups in total. The molecular weight excluding hydrogens is 244 g/mol. The Kier molecular flexibility index (Phi) is 2.46. The molecule has 1 aromatic carbocycles. The predicted molar refractivity (Wildman–Crippen MR) is 58.2 cm³/mol. The van der Waals surface area contributed by atoms with Gasteiger partial charge in [-0.15, -0.1) is 0 Å². The van der Waals surface area contributed by atoms with Gasteiger partial charge in [0.1, 0.15) is 0 Å². The number of urea groups is 1. The molecule has 0 aromatic heterocycles. The lowest BCUT2D eigenvalue weighted by molar-refractivity contribution is 0.247.